The average molecular weight is 560 g/mol. The molecule has 1 aliphatic heterocycles. The van der Waals surface area contributed by atoms with Gasteiger partial charge in [0, 0.05) is 40.7 Å². The van der Waals surface area contributed by atoms with Gasteiger partial charge in [-0.1, -0.05) is 58.8 Å². The zero-order valence-corrected chi connectivity index (χ0v) is 23.7. The lowest BCUT2D eigenvalue weighted by atomic mass is 9.98. The number of nitrogens with zero attached hydrogens (tertiary/aromatic N) is 3. The van der Waals surface area contributed by atoms with Gasteiger partial charge in [0.05, 0.1) is 5.71 Å². The third-order valence-electron chi connectivity index (χ3n) is 7.05. The summed E-state index contributed by atoms with van der Waals surface area (Å²) < 4.78 is 0. The van der Waals surface area contributed by atoms with Gasteiger partial charge in [-0.3, -0.25) is 4.79 Å². The van der Waals surface area contributed by atoms with Crippen molar-refractivity contribution in [1.82, 2.24) is 0 Å². The topological polar surface area (TPSA) is 97.6 Å². The smallest absolute Gasteiger partial charge is 0.318 e. The van der Waals surface area contributed by atoms with Crippen LogP contribution in [-0.4, -0.2) is 29.1 Å². The summed E-state index contributed by atoms with van der Waals surface area (Å²) in [6, 6.07) is 30.4. The predicted molar refractivity (Wildman–Crippen MR) is 162 cm³/mol. The van der Waals surface area contributed by atoms with Crippen LogP contribution in [0, 0.1) is 12.8 Å². The van der Waals surface area contributed by atoms with Gasteiger partial charge in [0.25, 0.3) is 0 Å². The molecule has 0 N–H and O–H groups in total. The van der Waals surface area contributed by atoms with Crippen molar-refractivity contribution >= 4 is 46.2 Å². The molecule has 1 heterocycles. The molecule has 0 amide bonds. The molecule has 210 valence electrons. The zero-order chi connectivity index (χ0) is 29.8. The molecule has 0 saturated heterocycles. The predicted octanol–water partition coefficient (Wildman–Crippen LogP) is 6.88. The summed E-state index contributed by atoms with van der Waals surface area (Å²) in [6.45, 7) is 6.76. The van der Waals surface area contributed by atoms with Gasteiger partial charge < -0.3 is 14.6 Å². The number of carbonyl (C=O) groups is 3. The molecule has 0 radical (unpaired) electrons. The number of anilines is 3. The molecular weight excluding hydrogens is 530 g/mol. The Morgan fingerprint density at radius 3 is 1.88 bits per heavy atom. The molecule has 1 unspecified atom stereocenters. The fourth-order valence-corrected chi connectivity index (χ4v) is 4.68. The van der Waals surface area contributed by atoms with Crippen LogP contribution in [-0.2, 0) is 19.3 Å². The lowest BCUT2D eigenvalue weighted by Crippen LogP contribution is -2.15. The molecule has 5 rings (SSSR count). The molecule has 0 fully saturated rings. The molecule has 42 heavy (non-hydrogen) atoms. The fraction of sp³-hybridized carbons (Fsp3) is 0.147. The summed E-state index contributed by atoms with van der Waals surface area (Å²) in [4.78, 5) is 47.9. The lowest BCUT2D eigenvalue weighted by Gasteiger charge is -2.26. The normalized spacial score (nSPS) is 14.7. The third-order valence-corrected chi connectivity index (χ3v) is 7.05. The highest BCUT2D eigenvalue weighted by atomic mass is 16.7. The minimum atomic E-state index is -0.487. The maximum absolute atomic E-state index is 13.2. The Morgan fingerprint density at radius 2 is 1.36 bits per heavy atom. The van der Waals surface area contributed by atoms with Crippen LogP contribution in [0.4, 0.5) is 17.1 Å². The van der Waals surface area contributed by atoms with Crippen LogP contribution >= 0.6 is 0 Å². The van der Waals surface area contributed by atoms with Crippen LogP contribution < -0.4 is 4.90 Å². The van der Waals surface area contributed by atoms with E-state index >= 15 is 0 Å². The molecule has 4 aromatic carbocycles. The first-order chi connectivity index (χ1) is 20.2. The minimum absolute atomic E-state index is 0.0364. The van der Waals surface area contributed by atoms with Crippen molar-refractivity contribution < 1.29 is 24.1 Å². The van der Waals surface area contributed by atoms with E-state index in [9.17, 15) is 14.4 Å². The Bertz CT molecular complexity index is 1710. The summed E-state index contributed by atoms with van der Waals surface area (Å²) in [5.41, 5.74) is 7.49. The first-order valence-electron chi connectivity index (χ1n) is 13.4. The highest BCUT2D eigenvalue weighted by Gasteiger charge is 2.29. The molecular formula is C34H29N3O5. The van der Waals surface area contributed by atoms with E-state index in [0.717, 1.165) is 33.8 Å². The zero-order valence-electron chi connectivity index (χ0n) is 23.7. The van der Waals surface area contributed by atoms with Gasteiger partial charge in [-0.15, -0.1) is 0 Å². The Labute approximate surface area is 243 Å². The van der Waals surface area contributed by atoms with Crippen LogP contribution in [0.1, 0.15) is 53.4 Å². The summed E-state index contributed by atoms with van der Waals surface area (Å²) in [6.07, 6.45) is 0. The number of hydrogen-bond acceptors (Lipinski definition) is 8. The quantitative estimate of drug-likeness (QED) is 0.101. The van der Waals surface area contributed by atoms with Crippen molar-refractivity contribution in [2.45, 2.75) is 27.7 Å². The Hall–Kier alpha value is -5.37. The Morgan fingerprint density at radius 1 is 0.810 bits per heavy atom. The maximum Gasteiger partial charge on any atom is 0.343 e. The van der Waals surface area contributed by atoms with E-state index < -0.39 is 11.9 Å². The highest BCUT2D eigenvalue weighted by molar-refractivity contribution is 6.14. The van der Waals surface area contributed by atoms with Gasteiger partial charge in [0.1, 0.15) is 11.6 Å². The molecule has 0 saturated carbocycles. The molecule has 1 aliphatic rings. The number of oxime groups is 2. The maximum atomic E-state index is 13.2. The summed E-state index contributed by atoms with van der Waals surface area (Å²) in [7, 11) is 0. The second-order valence-electron chi connectivity index (χ2n) is 9.99. The van der Waals surface area contributed by atoms with E-state index in [1.54, 1.807) is 13.8 Å². The van der Waals surface area contributed by atoms with Crippen molar-refractivity contribution in [2.24, 2.45) is 16.2 Å². The first-order valence-corrected chi connectivity index (χ1v) is 13.4. The van der Waals surface area contributed by atoms with Gasteiger partial charge in [0.2, 0.25) is 0 Å². The van der Waals surface area contributed by atoms with Gasteiger partial charge in [-0.2, -0.15) is 0 Å². The molecule has 0 aromatic heterocycles. The molecule has 0 aliphatic carbocycles. The second kappa shape index (κ2) is 12.0. The van der Waals surface area contributed by atoms with Crippen LogP contribution in [0.3, 0.4) is 0 Å². The van der Waals surface area contributed by atoms with Gasteiger partial charge in [-0.25, -0.2) is 9.59 Å². The largest absolute Gasteiger partial charge is 0.343 e. The summed E-state index contributed by atoms with van der Waals surface area (Å²) in [5.74, 6) is -1.33. The second-order valence-corrected chi connectivity index (χ2v) is 9.99. The van der Waals surface area contributed by atoms with E-state index in [-0.39, 0.29) is 11.8 Å². The van der Waals surface area contributed by atoms with E-state index in [1.165, 1.54) is 6.92 Å². The number of benzene rings is 4. The van der Waals surface area contributed by atoms with Gasteiger partial charge in [-0.05, 0) is 80.4 Å². The van der Waals surface area contributed by atoms with E-state index in [1.807, 2.05) is 104 Å². The first kappa shape index (κ1) is 28.2. The van der Waals surface area contributed by atoms with Crippen LogP contribution in [0.15, 0.2) is 107 Å². The SMILES string of the molecule is CC(=O)O/N=C(\C)c1ccc(N(c2ccc(C(=O)c3ccccc3C)cc2)c2ccc(C3=NOC(=O)C3C)cc2)cc1. The van der Waals surface area contributed by atoms with E-state index in [0.29, 0.717) is 22.6 Å². The van der Waals surface area contributed by atoms with Gasteiger partial charge in [0.15, 0.2) is 5.78 Å². The standard InChI is InChI=1S/C34H29N3O5/c1-21-7-5-6-8-31(21)33(39)27-13-19-30(20-14-27)37(28-15-9-25(10-16-28)23(3)35-41-24(4)38)29-17-11-26(12-18-29)32-22(2)34(40)42-36-32/h5-20,22H,1-4H3/b35-23+. The van der Waals surface area contributed by atoms with Crippen molar-refractivity contribution in [3.05, 3.63) is 125 Å². The van der Waals surface area contributed by atoms with Crippen molar-refractivity contribution in [3.63, 3.8) is 0 Å². The number of ketones is 1. The Kier molecular flexibility index (Phi) is 8.06. The van der Waals surface area contributed by atoms with Crippen molar-refractivity contribution in [3.8, 4) is 0 Å². The number of aryl methyl sites for hydroxylation is 1. The number of hydrogen-bond donors (Lipinski definition) is 0. The monoisotopic (exact) mass is 559 g/mol. The number of rotatable bonds is 8. The third kappa shape index (κ3) is 5.88. The number of carbonyl (C=O) groups excluding carboxylic acids is 3. The van der Waals surface area contributed by atoms with E-state index in [4.69, 9.17) is 9.68 Å². The van der Waals surface area contributed by atoms with Crippen molar-refractivity contribution in [2.75, 3.05) is 4.90 Å². The fourth-order valence-electron chi connectivity index (χ4n) is 4.68. The molecule has 8 nitrogen and oxygen atoms in total. The highest BCUT2D eigenvalue weighted by Crippen LogP contribution is 2.35. The molecule has 4 aromatic rings. The summed E-state index contributed by atoms with van der Waals surface area (Å²) in [5, 5.41) is 7.82. The van der Waals surface area contributed by atoms with Gasteiger partial charge >= 0.3 is 11.9 Å². The summed E-state index contributed by atoms with van der Waals surface area (Å²) >= 11 is 0. The van der Waals surface area contributed by atoms with Crippen LogP contribution in [0.25, 0.3) is 0 Å². The average Bonchev–Trinajstić information content (AvgIpc) is 3.34. The molecule has 1 atom stereocenters. The van der Waals surface area contributed by atoms with E-state index in [2.05, 4.69) is 15.2 Å². The Balaban J connectivity index is 1.50. The van der Waals surface area contributed by atoms with Crippen LogP contribution in [0.5, 0.6) is 0 Å². The lowest BCUT2D eigenvalue weighted by molar-refractivity contribution is -0.143. The molecule has 8 heteroatoms. The molecule has 0 bridgehead atoms. The molecule has 0 spiro atoms. The van der Waals surface area contributed by atoms with Crippen LogP contribution in [0.2, 0.25) is 0 Å². The minimum Gasteiger partial charge on any atom is -0.318 e. The van der Waals surface area contributed by atoms with Crippen molar-refractivity contribution in [1.29, 1.82) is 0 Å².